The fourth-order valence-electron chi connectivity index (χ4n) is 2.86. The summed E-state index contributed by atoms with van der Waals surface area (Å²) < 4.78 is 36.5. The van der Waals surface area contributed by atoms with Gasteiger partial charge in [0.1, 0.15) is 6.04 Å². The van der Waals surface area contributed by atoms with E-state index in [4.69, 9.17) is 9.39 Å². The molecule has 0 aromatic carbocycles. The molecule has 2 bridgehead atoms. The van der Waals surface area contributed by atoms with Crippen LogP contribution in [0, 0.1) is 0 Å². The molecule has 0 saturated carbocycles. The minimum atomic E-state index is -4.81. The second kappa shape index (κ2) is 8.65. The number of hydrogen-bond acceptors (Lipinski definition) is 7. The Morgan fingerprint density at radius 2 is 2.19 bits per heavy atom. The summed E-state index contributed by atoms with van der Waals surface area (Å²) in [5.74, 6) is -0.508. The van der Waals surface area contributed by atoms with Crippen LogP contribution in [0.1, 0.15) is 12.8 Å². The zero-order valence-corrected chi connectivity index (χ0v) is 16.8. The van der Waals surface area contributed by atoms with Gasteiger partial charge in [0, 0.05) is 55.0 Å². The maximum Gasteiger partial charge on any atom is 0.418 e. The molecule has 12 nitrogen and oxygen atoms in total. The first-order valence-corrected chi connectivity index (χ1v) is 8.86. The molecule has 0 spiro atoms. The summed E-state index contributed by atoms with van der Waals surface area (Å²) in [6.07, 6.45) is 5.65. The van der Waals surface area contributed by atoms with Gasteiger partial charge in [0.25, 0.3) is 5.91 Å². The standard InChI is InChI=1S/C12H17N5O7S.Na/c18-11(14-23-6-5-15-4-3-13-8-15)10-2-1-9-7-16(10)12(19)17(9)24-25(20,21)22;/h3-4,8-10H,1-2,5-7H2,(H,14,18)(H,20,21,22);/t9-,10+;/m1./s1. The number of hydroxylamine groups is 3. The number of urea groups is 1. The molecular weight excluding hydrogens is 381 g/mol. The Morgan fingerprint density at radius 3 is 2.85 bits per heavy atom. The van der Waals surface area contributed by atoms with E-state index in [1.54, 1.807) is 23.3 Å². The third-order valence-electron chi connectivity index (χ3n) is 3.98. The third kappa shape index (κ3) is 4.94. The number of hydrogen-bond donors (Lipinski definition) is 2. The van der Waals surface area contributed by atoms with Gasteiger partial charge in [-0.15, -0.1) is 4.28 Å². The molecule has 139 valence electrons. The molecule has 26 heavy (non-hydrogen) atoms. The number of carbonyl (C=O) groups is 2. The number of fused-ring (bicyclic) bond motifs is 2. The minimum Gasteiger partial charge on any atom is -0.335 e. The van der Waals surface area contributed by atoms with Gasteiger partial charge >= 0.3 is 16.4 Å². The summed E-state index contributed by atoms with van der Waals surface area (Å²) in [7, 11) is -4.81. The number of carbonyl (C=O) groups excluding carboxylic acids is 2. The number of nitrogens with one attached hydrogen (secondary N) is 1. The first kappa shape index (κ1) is 21.1. The average Bonchev–Trinajstić information content (AvgIpc) is 3.14. The van der Waals surface area contributed by atoms with Crippen LogP contribution in [0.3, 0.4) is 0 Å². The van der Waals surface area contributed by atoms with Crippen molar-refractivity contribution in [3.63, 3.8) is 0 Å². The van der Waals surface area contributed by atoms with Crippen LogP contribution in [0.2, 0.25) is 0 Å². The van der Waals surface area contributed by atoms with Crippen LogP contribution in [0.25, 0.3) is 0 Å². The van der Waals surface area contributed by atoms with Crippen molar-refractivity contribution in [1.82, 2.24) is 25.0 Å². The smallest absolute Gasteiger partial charge is 0.335 e. The molecule has 0 aliphatic carbocycles. The van der Waals surface area contributed by atoms with Crippen molar-refractivity contribution in [2.24, 2.45) is 0 Å². The summed E-state index contributed by atoms with van der Waals surface area (Å²) >= 11 is 0. The van der Waals surface area contributed by atoms with E-state index in [2.05, 4.69) is 14.7 Å². The van der Waals surface area contributed by atoms with E-state index in [0.29, 0.717) is 24.4 Å². The summed E-state index contributed by atoms with van der Waals surface area (Å²) in [5, 5.41) is 0.586. The van der Waals surface area contributed by atoms with E-state index >= 15 is 0 Å². The normalized spacial score (nSPS) is 22.3. The molecule has 2 fully saturated rings. The molecule has 1 aromatic rings. The first-order chi connectivity index (χ1) is 11.8. The van der Waals surface area contributed by atoms with Crippen molar-refractivity contribution in [3.05, 3.63) is 18.7 Å². The molecule has 2 aliphatic rings. The number of nitrogens with zero attached hydrogens (tertiary/aromatic N) is 4. The van der Waals surface area contributed by atoms with Gasteiger partial charge in [-0.2, -0.15) is 13.5 Å². The number of piperidine rings is 1. The maximum absolute atomic E-state index is 12.2. The van der Waals surface area contributed by atoms with E-state index in [9.17, 15) is 18.0 Å². The Bertz CT molecular complexity index is 743. The first-order valence-electron chi connectivity index (χ1n) is 7.49. The van der Waals surface area contributed by atoms with E-state index in [0.717, 1.165) is 0 Å². The van der Waals surface area contributed by atoms with E-state index in [-0.39, 0.29) is 42.7 Å². The van der Waals surface area contributed by atoms with Crippen molar-refractivity contribution < 1.29 is 31.7 Å². The van der Waals surface area contributed by atoms with Gasteiger partial charge in [-0.1, -0.05) is 0 Å². The van der Waals surface area contributed by atoms with Crippen molar-refractivity contribution >= 4 is 51.9 Å². The molecule has 0 unspecified atom stereocenters. The van der Waals surface area contributed by atoms with Crippen molar-refractivity contribution in [1.29, 1.82) is 0 Å². The van der Waals surface area contributed by atoms with Crippen LogP contribution in [0.15, 0.2) is 18.7 Å². The van der Waals surface area contributed by atoms with Gasteiger partial charge in [-0.05, 0) is 12.8 Å². The average molecular weight is 398 g/mol. The Labute approximate surface area is 171 Å². The topological polar surface area (TPSA) is 143 Å². The molecule has 2 N–H and O–H groups in total. The number of aromatic nitrogens is 2. The molecule has 3 heterocycles. The maximum atomic E-state index is 12.2. The Balaban J connectivity index is 0.00000243. The zero-order chi connectivity index (χ0) is 18.0. The van der Waals surface area contributed by atoms with Gasteiger partial charge in [0.15, 0.2) is 0 Å². The minimum absolute atomic E-state index is 0. The molecule has 14 heteroatoms. The second-order valence-corrected chi connectivity index (χ2v) is 6.63. The molecule has 2 saturated heterocycles. The van der Waals surface area contributed by atoms with Gasteiger partial charge in [-0.25, -0.2) is 15.3 Å². The van der Waals surface area contributed by atoms with Gasteiger partial charge in [-0.3, -0.25) is 14.2 Å². The Kier molecular flexibility index (Phi) is 7.01. The van der Waals surface area contributed by atoms with E-state index < -0.39 is 34.4 Å². The molecule has 1 radical (unpaired) electrons. The van der Waals surface area contributed by atoms with Gasteiger partial charge in [0.2, 0.25) is 0 Å². The molecule has 2 atom stereocenters. The van der Waals surface area contributed by atoms with Crippen LogP contribution in [-0.2, 0) is 30.9 Å². The second-order valence-electron chi connectivity index (χ2n) is 5.63. The van der Waals surface area contributed by atoms with Crippen LogP contribution in [0.5, 0.6) is 0 Å². The Hall–Kier alpha value is -1.22. The fourth-order valence-corrected chi connectivity index (χ4v) is 3.25. The molecule has 1 aromatic heterocycles. The quantitative estimate of drug-likeness (QED) is 0.246. The molecule has 3 amide bonds. The number of amides is 3. The predicted octanol–water partition coefficient (Wildman–Crippen LogP) is -1.45. The van der Waals surface area contributed by atoms with Crippen molar-refractivity contribution in [3.8, 4) is 0 Å². The fraction of sp³-hybridized carbons (Fsp3) is 0.583. The van der Waals surface area contributed by atoms with E-state index in [1.807, 2.05) is 0 Å². The van der Waals surface area contributed by atoms with Crippen LogP contribution in [0.4, 0.5) is 4.79 Å². The Morgan fingerprint density at radius 1 is 1.42 bits per heavy atom. The summed E-state index contributed by atoms with van der Waals surface area (Å²) in [4.78, 5) is 34.6. The van der Waals surface area contributed by atoms with Crippen molar-refractivity contribution in [2.75, 3.05) is 13.2 Å². The molecule has 2 aliphatic heterocycles. The molecular formula is C12H17N5NaO7S. The zero-order valence-electron chi connectivity index (χ0n) is 14.0. The van der Waals surface area contributed by atoms with Crippen LogP contribution in [-0.4, -0.2) is 99.2 Å². The number of rotatable bonds is 7. The monoisotopic (exact) mass is 398 g/mol. The summed E-state index contributed by atoms with van der Waals surface area (Å²) in [5.41, 5.74) is 2.29. The predicted molar refractivity (Wildman–Crippen MR) is 85.5 cm³/mol. The van der Waals surface area contributed by atoms with Gasteiger partial charge < -0.3 is 9.47 Å². The summed E-state index contributed by atoms with van der Waals surface area (Å²) in [6.45, 7) is 0.830. The third-order valence-corrected chi connectivity index (χ3v) is 4.33. The SMILES string of the molecule is O=C(NOCCn1ccnc1)[C@@H]1CC[C@@H]2CN1C(=O)N2OS(=O)(=O)O.[Na]. The van der Waals surface area contributed by atoms with Gasteiger partial charge in [0.05, 0.1) is 19.0 Å². The molecule has 3 rings (SSSR count). The van der Waals surface area contributed by atoms with Crippen molar-refractivity contribution in [2.45, 2.75) is 31.5 Å². The largest absolute Gasteiger partial charge is 0.418 e. The summed E-state index contributed by atoms with van der Waals surface area (Å²) in [6, 6.07) is -2.13. The van der Waals surface area contributed by atoms with Crippen LogP contribution >= 0.6 is 0 Å². The van der Waals surface area contributed by atoms with Crippen LogP contribution < -0.4 is 5.48 Å². The number of imidazole rings is 1. The van der Waals surface area contributed by atoms with E-state index in [1.165, 1.54) is 4.90 Å².